The smallest absolute Gasteiger partial charge is 0.321 e. The van der Waals surface area contributed by atoms with Gasteiger partial charge in [-0.05, 0) is 56.0 Å². The van der Waals surface area contributed by atoms with Crippen LogP contribution < -0.4 is 10.1 Å². The van der Waals surface area contributed by atoms with Crippen molar-refractivity contribution in [2.24, 2.45) is 0 Å². The number of methoxy groups -OCH3 is 1. The molecule has 0 unspecified atom stereocenters. The number of carbonyl (C=O) groups is 1. The number of amides is 2. The van der Waals surface area contributed by atoms with Crippen molar-refractivity contribution in [2.75, 3.05) is 51.8 Å². The Bertz CT molecular complexity index is 1940. The molecule has 5 aromatic rings. The number of aromatic nitrogens is 4. The fourth-order valence-electron chi connectivity index (χ4n) is 6.72. The molecule has 2 N–H and O–H groups in total. The minimum absolute atomic E-state index is 0.0687. The van der Waals surface area contributed by atoms with Crippen molar-refractivity contribution in [2.45, 2.75) is 53.0 Å². The number of carbonyl (C=O) groups excluding carboxylic acids is 1. The van der Waals surface area contributed by atoms with Crippen molar-refractivity contribution in [3.05, 3.63) is 53.2 Å². The van der Waals surface area contributed by atoms with Crippen LogP contribution in [0.3, 0.4) is 0 Å². The maximum Gasteiger partial charge on any atom is 0.321 e. The Labute approximate surface area is 268 Å². The number of aromatic amines is 1. The average molecular weight is 624 g/mol. The monoisotopic (exact) mass is 623 g/mol. The standard InChI is InChI=1S/C35H41N7O4/c1-19-30(20(2)46-40-19)25-15-28-24(16-29(25)44-7)31-32(36-21(3)37-33(31)38-28)22-8-9-27(26(14-22)35(4,5)6)39-34(43)42-12-10-41(11-13-42)23-17-45-18-23/h8-9,14-16,23H,10-13,17-18H2,1-7H3,(H,39,43)(H,36,37,38). The zero-order valence-corrected chi connectivity index (χ0v) is 27.6. The summed E-state index contributed by atoms with van der Waals surface area (Å²) in [4.78, 5) is 31.0. The molecule has 7 rings (SSSR count). The minimum Gasteiger partial charge on any atom is -0.496 e. The second-order valence-electron chi connectivity index (χ2n) is 13.4. The van der Waals surface area contributed by atoms with Gasteiger partial charge in [0.1, 0.15) is 23.0 Å². The number of ether oxygens (including phenoxy) is 2. The molecular weight excluding hydrogens is 582 g/mol. The molecule has 0 spiro atoms. The van der Waals surface area contributed by atoms with E-state index in [1.165, 1.54) is 0 Å². The maximum atomic E-state index is 13.4. The van der Waals surface area contributed by atoms with Crippen molar-refractivity contribution in [3.63, 3.8) is 0 Å². The molecule has 11 nitrogen and oxygen atoms in total. The van der Waals surface area contributed by atoms with Gasteiger partial charge in [-0.15, -0.1) is 0 Å². The first-order valence-electron chi connectivity index (χ1n) is 15.9. The van der Waals surface area contributed by atoms with Gasteiger partial charge in [-0.2, -0.15) is 0 Å². The maximum absolute atomic E-state index is 13.4. The summed E-state index contributed by atoms with van der Waals surface area (Å²) in [7, 11) is 1.67. The van der Waals surface area contributed by atoms with Gasteiger partial charge in [0.05, 0.1) is 48.7 Å². The Hall–Kier alpha value is -4.48. The molecule has 5 heterocycles. The molecule has 0 radical (unpaired) electrons. The van der Waals surface area contributed by atoms with Gasteiger partial charge in [-0.1, -0.05) is 32.0 Å². The van der Waals surface area contributed by atoms with Crippen LogP contribution in [-0.2, 0) is 10.2 Å². The summed E-state index contributed by atoms with van der Waals surface area (Å²) < 4.78 is 16.7. The highest BCUT2D eigenvalue weighted by Gasteiger charge is 2.31. The van der Waals surface area contributed by atoms with E-state index in [2.05, 4.69) is 53.3 Å². The van der Waals surface area contributed by atoms with Gasteiger partial charge in [-0.3, -0.25) is 4.90 Å². The van der Waals surface area contributed by atoms with Gasteiger partial charge < -0.3 is 29.2 Å². The van der Waals surface area contributed by atoms with Crippen LogP contribution in [0.1, 0.15) is 43.6 Å². The number of hydrogen-bond donors (Lipinski definition) is 2. The lowest BCUT2D eigenvalue weighted by Crippen LogP contribution is -2.57. The van der Waals surface area contributed by atoms with Crippen molar-refractivity contribution in [1.82, 2.24) is 29.9 Å². The van der Waals surface area contributed by atoms with E-state index in [4.69, 9.17) is 24.0 Å². The molecule has 0 atom stereocenters. The lowest BCUT2D eigenvalue weighted by Gasteiger charge is -2.42. The molecule has 0 saturated carbocycles. The van der Waals surface area contributed by atoms with E-state index in [0.717, 1.165) is 93.3 Å². The number of aryl methyl sites for hydroxylation is 3. The van der Waals surface area contributed by atoms with Gasteiger partial charge in [-0.25, -0.2) is 14.8 Å². The van der Waals surface area contributed by atoms with E-state index in [1.54, 1.807) is 7.11 Å². The number of nitrogens with zero attached hydrogens (tertiary/aromatic N) is 5. The summed E-state index contributed by atoms with van der Waals surface area (Å²) in [6.07, 6.45) is 0. The molecule has 46 heavy (non-hydrogen) atoms. The second-order valence-corrected chi connectivity index (χ2v) is 13.4. The molecular formula is C35H41N7O4. The first-order valence-corrected chi connectivity index (χ1v) is 15.9. The van der Waals surface area contributed by atoms with Crippen LogP contribution in [0, 0.1) is 20.8 Å². The predicted octanol–water partition coefficient (Wildman–Crippen LogP) is 6.21. The summed E-state index contributed by atoms with van der Waals surface area (Å²) in [6.45, 7) is 16.9. The van der Waals surface area contributed by atoms with E-state index in [9.17, 15) is 4.79 Å². The van der Waals surface area contributed by atoms with Gasteiger partial charge in [0.15, 0.2) is 0 Å². The number of anilines is 1. The number of H-pyrrole nitrogens is 1. The van der Waals surface area contributed by atoms with Crippen LogP contribution in [0.2, 0.25) is 0 Å². The number of hydrogen-bond acceptors (Lipinski definition) is 8. The van der Waals surface area contributed by atoms with Gasteiger partial charge >= 0.3 is 6.03 Å². The summed E-state index contributed by atoms with van der Waals surface area (Å²) in [5.74, 6) is 2.11. The van der Waals surface area contributed by atoms with E-state index in [0.29, 0.717) is 30.7 Å². The molecule has 11 heteroatoms. The highest BCUT2D eigenvalue weighted by atomic mass is 16.5. The molecule has 3 aromatic heterocycles. The van der Waals surface area contributed by atoms with Crippen LogP contribution in [0.15, 0.2) is 34.9 Å². The molecule has 2 amide bonds. The predicted molar refractivity (Wildman–Crippen MR) is 179 cm³/mol. The molecule has 2 aromatic carbocycles. The summed E-state index contributed by atoms with van der Waals surface area (Å²) in [5, 5.41) is 9.25. The van der Waals surface area contributed by atoms with Crippen molar-refractivity contribution >= 4 is 33.7 Å². The molecule has 2 aliphatic heterocycles. The van der Waals surface area contributed by atoms with Gasteiger partial charge in [0, 0.05) is 53.9 Å². The fourth-order valence-corrected chi connectivity index (χ4v) is 6.72. The first-order chi connectivity index (χ1) is 22.0. The topological polar surface area (TPSA) is 122 Å². The number of piperazine rings is 1. The molecule has 2 fully saturated rings. The third-order valence-electron chi connectivity index (χ3n) is 9.27. The highest BCUT2D eigenvalue weighted by molar-refractivity contribution is 6.13. The van der Waals surface area contributed by atoms with E-state index < -0.39 is 0 Å². The Balaban J connectivity index is 1.27. The van der Waals surface area contributed by atoms with Crippen molar-refractivity contribution < 1.29 is 18.8 Å². The van der Waals surface area contributed by atoms with Crippen molar-refractivity contribution in [3.8, 4) is 28.1 Å². The molecule has 240 valence electrons. The average Bonchev–Trinajstić information content (AvgIpc) is 3.52. The van der Waals surface area contributed by atoms with Crippen LogP contribution >= 0.6 is 0 Å². The minimum atomic E-state index is -0.241. The van der Waals surface area contributed by atoms with Crippen LogP contribution in [-0.4, -0.2) is 88.5 Å². The Morgan fingerprint density at radius 1 is 1.04 bits per heavy atom. The lowest BCUT2D eigenvalue weighted by molar-refractivity contribution is -0.0737. The zero-order valence-electron chi connectivity index (χ0n) is 27.6. The van der Waals surface area contributed by atoms with Gasteiger partial charge in [0.2, 0.25) is 0 Å². The third kappa shape index (κ3) is 5.27. The van der Waals surface area contributed by atoms with E-state index in [1.807, 2.05) is 43.9 Å². The zero-order chi connectivity index (χ0) is 32.3. The fraction of sp³-hybridized carbons (Fsp3) is 0.429. The van der Waals surface area contributed by atoms with Crippen LogP contribution in [0.4, 0.5) is 10.5 Å². The number of urea groups is 1. The quantitative estimate of drug-likeness (QED) is 0.237. The Kier molecular flexibility index (Phi) is 7.48. The number of nitrogens with one attached hydrogen (secondary N) is 2. The van der Waals surface area contributed by atoms with Gasteiger partial charge in [0.25, 0.3) is 0 Å². The number of rotatable bonds is 5. The number of fused-ring (bicyclic) bond motifs is 3. The Morgan fingerprint density at radius 3 is 2.43 bits per heavy atom. The first kappa shape index (κ1) is 30.2. The summed E-state index contributed by atoms with van der Waals surface area (Å²) in [6, 6.07) is 10.7. The van der Waals surface area contributed by atoms with Crippen LogP contribution in [0.25, 0.3) is 44.3 Å². The van der Waals surface area contributed by atoms with E-state index >= 15 is 0 Å². The Morgan fingerprint density at radius 2 is 1.80 bits per heavy atom. The molecule has 0 bridgehead atoms. The third-order valence-corrected chi connectivity index (χ3v) is 9.27. The molecule has 2 aliphatic rings. The van der Waals surface area contributed by atoms with Crippen molar-refractivity contribution in [1.29, 1.82) is 0 Å². The second kappa shape index (κ2) is 11.4. The summed E-state index contributed by atoms with van der Waals surface area (Å²) >= 11 is 0. The molecule has 2 saturated heterocycles. The lowest BCUT2D eigenvalue weighted by atomic mass is 9.84. The highest BCUT2D eigenvalue weighted by Crippen LogP contribution is 2.42. The normalized spacial score (nSPS) is 16.3. The van der Waals surface area contributed by atoms with E-state index in [-0.39, 0.29) is 11.4 Å². The summed E-state index contributed by atoms with van der Waals surface area (Å²) in [5.41, 5.74) is 7.65. The largest absolute Gasteiger partial charge is 0.496 e. The number of benzene rings is 2. The molecule has 0 aliphatic carbocycles. The van der Waals surface area contributed by atoms with Crippen LogP contribution in [0.5, 0.6) is 5.75 Å². The SMILES string of the molecule is COc1cc2c(cc1-c1c(C)noc1C)[nH]c1nc(C)nc(-c3ccc(NC(=O)N4CCN(C5COC5)CC4)c(C(C)(C)C)c3)c12.